The first kappa shape index (κ1) is 12.2. The molecule has 0 amide bonds. The van der Waals surface area contributed by atoms with Crippen LogP contribution >= 0.6 is 23.2 Å². The molecule has 0 saturated carbocycles. The molecule has 0 atom stereocenters. The normalized spacial score (nSPS) is 11.3. The average molecular weight is 231 g/mol. The molecule has 6 heteroatoms. The lowest BCUT2D eigenvalue weighted by Crippen LogP contribution is -2.05. The van der Waals surface area contributed by atoms with Gasteiger partial charge in [0.1, 0.15) is 0 Å². The summed E-state index contributed by atoms with van der Waals surface area (Å²) in [5.41, 5.74) is 0. The van der Waals surface area contributed by atoms with E-state index >= 15 is 0 Å². The van der Waals surface area contributed by atoms with Gasteiger partial charge in [-0.3, -0.25) is 4.79 Å². The van der Waals surface area contributed by atoms with E-state index in [-0.39, 0.29) is 5.97 Å². The van der Waals surface area contributed by atoms with Gasteiger partial charge in [0.15, 0.2) is 14.8 Å². The van der Waals surface area contributed by atoms with Crippen molar-refractivity contribution in [2.45, 2.75) is 24.4 Å². The highest BCUT2D eigenvalue weighted by molar-refractivity contribution is 6.45. The molecule has 0 aliphatic carbocycles. The summed E-state index contributed by atoms with van der Waals surface area (Å²) >= 11 is 10.7. The van der Waals surface area contributed by atoms with Crippen LogP contribution in [0.25, 0.3) is 0 Å². The van der Waals surface area contributed by atoms with E-state index in [0.29, 0.717) is 6.61 Å². The van der Waals surface area contributed by atoms with Gasteiger partial charge in [-0.05, 0) is 12.5 Å². The van der Waals surface area contributed by atoms with Crippen molar-refractivity contribution < 1.29 is 14.0 Å². The van der Waals surface area contributed by atoms with E-state index in [1.807, 2.05) is 0 Å². The van der Waals surface area contributed by atoms with Crippen molar-refractivity contribution in [2.24, 2.45) is 0 Å². The minimum absolute atomic E-state index is 0.245. The molecule has 72 valence electrons. The number of hydrogen-bond donors (Lipinski definition) is 0. The van der Waals surface area contributed by atoms with Gasteiger partial charge in [-0.2, -0.15) is 0 Å². The van der Waals surface area contributed by atoms with E-state index in [1.54, 1.807) is 0 Å². The molecule has 0 rings (SSSR count). The molecule has 0 unspecified atom stereocenters. The summed E-state index contributed by atoms with van der Waals surface area (Å²) in [6.45, 7) is 1.85. The van der Waals surface area contributed by atoms with Crippen molar-refractivity contribution in [1.82, 2.24) is 0 Å². The van der Waals surface area contributed by atoms with Crippen LogP contribution in [0, 0.1) is 0 Å². The molecule has 0 radical (unpaired) electrons. The maximum atomic E-state index is 10.3. The van der Waals surface area contributed by atoms with Crippen LogP contribution in [0.1, 0.15) is 13.3 Å². The fourth-order valence-corrected chi connectivity index (χ4v) is 1.88. The summed E-state index contributed by atoms with van der Waals surface area (Å²) in [6, 6.07) is 0.920. The molecule has 12 heavy (non-hydrogen) atoms. The second kappa shape index (κ2) is 7.85. The van der Waals surface area contributed by atoms with Gasteiger partial charge >= 0.3 is 5.97 Å². The topological polar surface area (TPSA) is 35.5 Å². The lowest BCUT2D eigenvalue weighted by molar-refractivity contribution is -0.140. The Bertz CT molecular complexity index is 132. The molecule has 0 bridgehead atoms. The number of ether oxygens (including phenoxy) is 1. The molecular weight excluding hydrogens is 219 g/mol. The molecule has 0 aromatic heterocycles. The number of halogens is 2. The van der Waals surface area contributed by atoms with Crippen LogP contribution in [0.3, 0.4) is 0 Å². The van der Waals surface area contributed by atoms with Crippen molar-refractivity contribution >= 4 is 38.9 Å². The first-order chi connectivity index (χ1) is 5.63. The van der Waals surface area contributed by atoms with Crippen molar-refractivity contribution in [3.8, 4) is 0 Å². The first-order valence-corrected chi connectivity index (χ1v) is 6.11. The zero-order valence-corrected chi connectivity index (χ0v) is 9.81. The Kier molecular flexibility index (Phi) is 8.00. The number of esters is 1. The third kappa shape index (κ3) is 10.2. The van der Waals surface area contributed by atoms with E-state index in [4.69, 9.17) is 32.4 Å². The number of hydrogen-bond acceptors (Lipinski definition) is 3. The Morgan fingerprint density at radius 3 is 2.75 bits per heavy atom. The third-order valence-electron chi connectivity index (χ3n) is 1.09. The predicted octanol–water partition coefficient (Wildman–Crippen LogP) is 1.22. The standard InChI is InChI=1S/C6H12Cl2O3Si/c1-5(9)10-3-2-4-12-11-6(7)8/h6H,2-4,12H2,1H3. The number of carbonyl (C=O) groups is 1. The highest BCUT2D eigenvalue weighted by Crippen LogP contribution is 2.03. The SMILES string of the molecule is CC(=O)OCCC[SiH2]OC(Cl)Cl. The monoisotopic (exact) mass is 230 g/mol. The smallest absolute Gasteiger partial charge is 0.302 e. The predicted molar refractivity (Wildman–Crippen MR) is 51.2 cm³/mol. The van der Waals surface area contributed by atoms with Crippen LogP contribution in [0.15, 0.2) is 0 Å². The van der Waals surface area contributed by atoms with Crippen LogP contribution < -0.4 is 0 Å². The number of alkyl halides is 2. The summed E-state index contributed by atoms with van der Waals surface area (Å²) in [7, 11) is -0.636. The van der Waals surface area contributed by atoms with E-state index in [1.165, 1.54) is 6.92 Å². The molecule has 0 aliphatic rings. The molecule has 0 heterocycles. The van der Waals surface area contributed by atoms with Crippen LogP contribution in [-0.4, -0.2) is 27.4 Å². The number of rotatable bonds is 6. The van der Waals surface area contributed by atoms with Gasteiger partial charge in [-0.15, -0.1) is 0 Å². The Hall–Kier alpha value is 0.227. The van der Waals surface area contributed by atoms with Gasteiger partial charge in [-0.1, -0.05) is 23.2 Å². The van der Waals surface area contributed by atoms with Gasteiger partial charge in [0.2, 0.25) is 0 Å². The summed E-state index contributed by atoms with van der Waals surface area (Å²) in [5.74, 6) is -0.245. The van der Waals surface area contributed by atoms with Gasteiger partial charge in [0.25, 0.3) is 0 Å². The van der Waals surface area contributed by atoms with Crippen LogP contribution in [0.4, 0.5) is 0 Å². The maximum Gasteiger partial charge on any atom is 0.302 e. The quantitative estimate of drug-likeness (QED) is 0.298. The van der Waals surface area contributed by atoms with E-state index in [2.05, 4.69) is 0 Å². The lowest BCUT2D eigenvalue weighted by Gasteiger charge is -2.03. The molecule has 0 aromatic rings. The lowest BCUT2D eigenvalue weighted by atomic mass is 10.5. The largest absolute Gasteiger partial charge is 0.466 e. The fraction of sp³-hybridized carbons (Fsp3) is 0.833. The highest BCUT2D eigenvalue weighted by Gasteiger charge is 1.98. The Labute approximate surface area is 84.3 Å². The van der Waals surface area contributed by atoms with Crippen LogP contribution in [0.2, 0.25) is 6.04 Å². The minimum atomic E-state index is -0.703. The third-order valence-corrected chi connectivity index (χ3v) is 3.12. The van der Waals surface area contributed by atoms with Crippen molar-refractivity contribution in [3.63, 3.8) is 0 Å². The second-order valence-electron chi connectivity index (χ2n) is 2.18. The van der Waals surface area contributed by atoms with Crippen molar-refractivity contribution in [1.29, 1.82) is 0 Å². The average Bonchev–Trinajstić information content (AvgIpc) is 1.95. The van der Waals surface area contributed by atoms with Gasteiger partial charge < -0.3 is 9.16 Å². The van der Waals surface area contributed by atoms with Gasteiger partial charge in [0, 0.05) is 6.92 Å². The summed E-state index contributed by atoms with van der Waals surface area (Å²) in [6.07, 6.45) is 0.826. The second-order valence-corrected chi connectivity index (χ2v) is 4.64. The Balaban J connectivity index is 2.96. The molecule has 0 aliphatic heterocycles. The van der Waals surface area contributed by atoms with E-state index < -0.39 is 14.8 Å². The zero-order chi connectivity index (χ0) is 9.40. The summed E-state index contributed by atoms with van der Waals surface area (Å²) in [5, 5.41) is -0.703. The van der Waals surface area contributed by atoms with Crippen LogP contribution in [0.5, 0.6) is 0 Å². The van der Waals surface area contributed by atoms with Crippen molar-refractivity contribution in [2.75, 3.05) is 6.61 Å². The molecule has 3 nitrogen and oxygen atoms in total. The number of carbonyl (C=O) groups excluding carboxylic acids is 1. The molecule has 0 N–H and O–H groups in total. The van der Waals surface area contributed by atoms with Gasteiger partial charge in [0.05, 0.1) is 6.61 Å². The zero-order valence-electron chi connectivity index (χ0n) is 6.89. The fourth-order valence-electron chi connectivity index (χ4n) is 0.592. The Morgan fingerprint density at radius 1 is 1.58 bits per heavy atom. The van der Waals surface area contributed by atoms with Crippen molar-refractivity contribution in [3.05, 3.63) is 0 Å². The van der Waals surface area contributed by atoms with E-state index in [9.17, 15) is 4.79 Å². The molecule has 0 aromatic carbocycles. The molecule has 0 fully saturated rings. The minimum Gasteiger partial charge on any atom is -0.466 e. The first-order valence-electron chi connectivity index (χ1n) is 3.66. The highest BCUT2D eigenvalue weighted by atomic mass is 35.5. The van der Waals surface area contributed by atoms with E-state index in [0.717, 1.165) is 12.5 Å². The van der Waals surface area contributed by atoms with Gasteiger partial charge in [-0.25, -0.2) is 0 Å². The summed E-state index contributed by atoms with van der Waals surface area (Å²) in [4.78, 5) is 10.3. The van der Waals surface area contributed by atoms with Crippen LogP contribution in [-0.2, 0) is 14.0 Å². The molecular formula is C6H12Cl2O3Si. The summed E-state index contributed by atoms with van der Waals surface area (Å²) < 4.78 is 9.69. The maximum absolute atomic E-state index is 10.3. The molecule has 0 saturated heterocycles. The molecule has 0 spiro atoms. The Morgan fingerprint density at radius 2 is 2.25 bits per heavy atom.